The minimum Gasteiger partial charge on any atom is -0.456 e. The van der Waals surface area contributed by atoms with E-state index in [4.69, 9.17) is 4.42 Å². The largest absolute Gasteiger partial charge is 0.456 e. The summed E-state index contributed by atoms with van der Waals surface area (Å²) >= 11 is 0. The zero-order valence-electron chi connectivity index (χ0n) is 27.1. The minimum absolute atomic E-state index is 0.917. The van der Waals surface area contributed by atoms with Crippen LogP contribution in [-0.4, -0.2) is 4.57 Å². The second-order valence-corrected chi connectivity index (χ2v) is 13.3. The SMILES string of the molecule is c1ccc2c(c1)oc1ccc(-c3ccc(-n4c5ccccc5c5ccc(-c6ccc7c8ccccc8c8ccccc8c7c6)cc54)cc3)cc12. The van der Waals surface area contributed by atoms with Crippen LogP contribution in [0.2, 0.25) is 0 Å². The van der Waals surface area contributed by atoms with Gasteiger partial charge in [0, 0.05) is 27.2 Å². The number of hydrogen-bond acceptors (Lipinski definition) is 1. The molecule has 0 fully saturated rings. The van der Waals surface area contributed by atoms with E-state index in [1.165, 1.54) is 76.4 Å². The third-order valence-electron chi connectivity index (χ3n) is 10.6. The summed E-state index contributed by atoms with van der Waals surface area (Å²) in [7, 11) is 0. The molecule has 0 atom stereocenters. The van der Waals surface area contributed by atoms with Gasteiger partial charge in [-0.2, -0.15) is 0 Å². The first kappa shape index (κ1) is 27.3. The minimum atomic E-state index is 0.917. The zero-order valence-corrected chi connectivity index (χ0v) is 27.1. The van der Waals surface area contributed by atoms with Crippen LogP contribution in [0.5, 0.6) is 0 Å². The van der Waals surface area contributed by atoms with Gasteiger partial charge in [0.2, 0.25) is 0 Å². The first-order chi connectivity index (χ1) is 24.8. The standard InChI is InChI=1S/C48H29NO/c1-2-11-37-35(9-1)36-10-3-4-12-38(36)43-27-32(19-24-39(37)43)33-20-25-41-40-13-5-7-15-45(40)49(46(41)29-33)34-22-17-30(18-23-34)31-21-26-48-44(28-31)42-14-6-8-16-47(42)50-48/h1-29H. The topological polar surface area (TPSA) is 18.1 Å². The maximum absolute atomic E-state index is 6.09. The summed E-state index contributed by atoms with van der Waals surface area (Å²) in [6.07, 6.45) is 0. The zero-order chi connectivity index (χ0) is 32.8. The number of rotatable bonds is 3. The molecule has 2 heterocycles. The van der Waals surface area contributed by atoms with Crippen LogP contribution in [0.3, 0.4) is 0 Å². The Kier molecular flexibility index (Phi) is 5.70. The van der Waals surface area contributed by atoms with Crippen LogP contribution in [-0.2, 0) is 0 Å². The van der Waals surface area contributed by atoms with Crippen molar-refractivity contribution in [1.29, 1.82) is 0 Å². The van der Waals surface area contributed by atoms with Gasteiger partial charge in [0.05, 0.1) is 11.0 Å². The summed E-state index contributed by atoms with van der Waals surface area (Å²) < 4.78 is 8.50. The highest BCUT2D eigenvalue weighted by Crippen LogP contribution is 2.40. The van der Waals surface area contributed by atoms with Crippen LogP contribution in [0.25, 0.3) is 104 Å². The van der Waals surface area contributed by atoms with Crippen LogP contribution in [0.4, 0.5) is 0 Å². The molecule has 0 saturated heterocycles. The van der Waals surface area contributed by atoms with Crippen molar-refractivity contribution in [3.63, 3.8) is 0 Å². The number of aromatic nitrogens is 1. The van der Waals surface area contributed by atoms with Crippen molar-refractivity contribution < 1.29 is 4.42 Å². The Morgan fingerprint density at radius 3 is 1.48 bits per heavy atom. The molecule has 0 aliphatic heterocycles. The molecule has 0 aliphatic carbocycles. The predicted molar refractivity (Wildman–Crippen MR) is 211 cm³/mol. The molecule has 0 radical (unpaired) electrons. The molecule has 0 aliphatic rings. The Morgan fingerprint density at radius 1 is 0.280 bits per heavy atom. The van der Waals surface area contributed by atoms with Crippen molar-refractivity contribution in [3.05, 3.63) is 176 Å². The van der Waals surface area contributed by atoms with E-state index in [2.05, 4.69) is 168 Å². The molecule has 0 unspecified atom stereocenters. The summed E-state index contributed by atoms with van der Waals surface area (Å²) in [5, 5.41) is 12.6. The lowest BCUT2D eigenvalue weighted by atomic mass is 9.92. The smallest absolute Gasteiger partial charge is 0.135 e. The number of furan rings is 1. The quantitative estimate of drug-likeness (QED) is 0.177. The van der Waals surface area contributed by atoms with E-state index < -0.39 is 0 Å². The lowest BCUT2D eigenvalue weighted by Crippen LogP contribution is -1.94. The second-order valence-electron chi connectivity index (χ2n) is 13.3. The Labute approximate surface area is 288 Å². The third kappa shape index (κ3) is 3.96. The van der Waals surface area contributed by atoms with Crippen molar-refractivity contribution in [2.75, 3.05) is 0 Å². The third-order valence-corrected chi connectivity index (χ3v) is 10.6. The van der Waals surface area contributed by atoms with Crippen LogP contribution < -0.4 is 0 Å². The number of nitrogens with zero attached hydrogens (tertiary/aromatic N) is 1. The van der Waals surface area contributed by atoms with E-state index in [0.29, 0.717) is 0 Å². The highest BCUT2D eigenvalue weighted by Gasteiger charge is 2.15. The summed E-state index contributed by atoms with van der Waals surface area (Å²) in [6.45, 7) is 0. The van der Waals surface area contributed by atoms with Gasteiger partial charge in [-0.05, 0) is 103 Å². The van der Waals surface area contributed by atoms with Gasteiger partial charge >= 0.3 is 0 Å². The first-order valence-corrected chi connectivity index (χ1v) is 17.2. The van der Waals surface area contributed by atoms with E-state index in [-0.39, 0.29) is 0 Å². The van der Waals surface area contributed by atoms with Gasteiger partial charge < -0.3 is 8.98 Å². The molecule has 50 heavy (non-hydrogen) atoms. The highest BCUT2D eigenvalue weighted by atomic mass is 16.3. The van der Waals surface area contributed by atoms with E-state index in [1.54, 1.807) is 0 Å². The van der Waals surface area contributed by atoms with Gasteiger partial charge in [0.15, 0.2) is 0 Å². The Morgan fingerprint density at radius 2 is 0.740 bits per heavy atom. The van der Waals surface area contributed by atoms with Gasteiger partial charge in [-0.25, -0.2) is 0 Å². The van der Waals surface area contributed by atoms with Crippen LogP contribution in [0, 0.1) is 0 Å². The van der Waals surface area contributed by atoms with Gasteiger partial charge in [0.1, 0.15) is 11.2 Å². The van der Waals surface area contributed by atoms with Gasteiger partial charge in [0.25, 0.3) is 0 Å². The molecule has 11 aromatic rings. The van der Waals surface area contributed by atoms with Crippen molar-refractivity contribution in [1.82, 2.24) is 4.57 Å². The van der Waals surface area contributed by atoms with Gasteiger partial charge in [-0.1, -0.05) is 127 Å². The molecule has 0 bridgehead atoms. The maximum atomic E-state index is 6.09. The maximum Gasteiger partial charge on any atom is 0.135 e. The molecule has 0 N–H and O–H groups in total. The van der Waals surface area contributed by atoms with Crippen molar-refractivity contribution in [2.45, 2.75) is 0 Å². The molecule has 0 saturated carbocycles. The fourth-order valence-corrected chi connectivity index (χ4v) is 8.22. The van der Waals surface area contributed by atoms with E-state index in [1.807, 2.05) is 12.1 Å². The number of benzene rings is 9. The Bertz CT molecular complexity index is 3110. The monoisotopic (exact) mass is 635 g/mol. The fourth-order valence-electron chi connectivity index (χ4n) is 8.22. The van der Waals surface area contributed by atoms with Crippen LogP contribution in [0.15, 0.2) is 180 Å². The lowest BCUT2D eigenvalue weighted by molar-refractivity contribution is 0.669. The predicted octanol–water partition coefficient (Wildman–Crippen LogP) is 13.5. The molecule has 232 valence electrons. The number of hydrogen-bond donors (Lipinski definition) is 0. The van der Waals surface area contributed by atoms with Gasteiger partial charge in [-0.15, -0.1) is 0 Å². The van der Waals surface area contributed by atoms with Crippen molar-refractivity contribution >= 4 is 76.1 Å². The number of fused-ring (bicyclic) bond motifs is 12. The molecule has 2 heteroatoms. The molecule has 0 amide bonds. The number of para-hydroxylation sites is 2. The summed E-state index contributed by atoms with van der Waals surface area (Å²) in [6, 6.07) is 63.9. The molecule has 0 spiro atoms. The van der Waals surface area contributed by atoms with Crippen LogP contribution in [0.1, 0.15) is 0 Å². The average molecular weight is 636 g/mol. The lowest BCUT2D eigenvalue weighted by Gasteiger charge is -2.13. The summed E-state index contributed by atoms with van der Waals surface area (Å²) in [5.41, 5.74) is 10.2. The molecular formula is C48H29NO. The summed E-state index contributed by atoms with van der Waals surface area (Å²) in [5.74, 6) is 0. The van der Waals surface area contributed by atoms with Crippen molar-refractivity contribution in [3.8, 4) is 27.9 Å². The van der Waals surface area contributed by atoms with Gasteiger partial charge in [-0.3, -0.25) is 0 Å². The molecule has 2 aromatic heterocycles. The first-order valence-electron chi connectivity index (χ1n) is 17.2. The Balaban J connectivity index is 1.06. The second kappa shape index (κ2) is 10.4. The normalized spacial score (nSPS) is 12.0. The van der Waals surface area contributed by atoms with E-state index in [9.17, 15) is 0 Å². The van der Waals surface area contributed by atoms with Crippen molar-refractivity contribution in [2.24, 2.45) is 0 Å². The highest BCUT2D eigenvalue weighted by molar-refractivity contribution is 6.25. The molecule has 11 rings (SSSR count). The molecular weight excluding hydrogens is 607 g/mol. The van der Waals surface area contributed by atoms with E-state index >= 15 is 0 Å². The fraction of sp³-hybridized carbons (Fsp3) is 0. The van der Waals surface area contributed by atoms with Crippen LogP contribution >= 0.6 is 0 Å². The average Bonchev–Trinajstić information content (AvgIpc) is 3.73. The Hall–Kier alpha value is -6.64. The summed E-state index contributed by atoms with van der Waals surface area (Å²) in [4.78, 5) is 0. The van der Waals surface area contributed by atoms with E-state index in [0.717, 1.165) is 27.6 Å². The molecule has 2 nitrogen and oxygen atoms in total. The molecule has 9 aromatic carbocycles.